The van der Waals surface area contributed by atoms with Crippen LogP contribution in [0, 0.1) is 13.8 Å². The van der Waals surface area contributed by atoms with E-state index in [0.29, 0.717) is 6.54 Å². The van der Waals surface area contributed by atoms with Gasteiger partial charge in [0.2, 0.25) is 5.91 Å². The zero-order valence-electron chi connectivity index (χ0n) is 16.8. The molecule has 2 heterocycles. The van der Waals surface area contributed by atoms with Crippen molar-refractivity contribution in [3.05, 3.63) is 53.4 Å². The van der Waals surface area contributed by atoms with Gasteiger partial charge in [-0.15, -0.1) is 0 Å². The lowest BCUT2D eigenvalue weighted by Crippen LogP contribution is -2.42. The van der Waals surface area contributed by atoms with Gasteiger partial charge in [-0.3, -0.25) is 9.69 Å². The predicted octanol–water partition coefficient (Wildman–Crippen LogP) is 3.49. The average molecular weight is 367 g/mol. The zero-order valence-corrected chi connectivity index (χ0v) is 16.8. The molecule has 1 aromatic carbocycles. The minimum atomic E-state index is 0.115. The standard InChI is InChI=1S/C22H30N4O/c1-5-18(4)24-22(27)15-25-10-8-19(9-11-25)20-13-23-26(14-20)21-7-6-16(2)17(3)12-21/h6-8,12-14,18H,5,9-11,15H2,1-4H3,(H,24,27)/t18-/m1/s1. The van der Waals surface area contributed by atoms with Crippen LogP contribution in [0.3, 0.4) is 0 Å². The van der Waals surface area contributed by atoms with Crippen molar-refractivity contribution >= 4 is 11.5 Å². The number of hydrogen-bond donors (Lipinski definition) is 1. The van der Waals surface area contributed by atoms with E-state index in [1.54, 1.807) is 0 Å². The van der Waals surface area contributed by atoms with Crippen molar-refractivity contribution in [1.29, 1.82) is 0 Å². The molecule has 0 radical (unpaired) electrons. The van der Waals surface area contributed by atoms with Gasteiger partial charge in [-0.2, -0.15) is 5.10 Å². The van der Waals surface area contributed by atoms with Gasteiger partial charge in [-0.05, 0) is 62.4 Å². The molecule has 0 bridgehead atoms. The highest BCUT2D eigenvalue weighted by molar-refractivity contribution is 5.78. The third kappa shape index (κ3) is 4.86. The number of carbonyl (C=O) groups excluding carboxylic acids is 1. The Labute approximate surface area is 162 Å². The molecule has 5 heteroatoms. The SMILES string of the molecule is CC[C@@H](C)NC(=O)CN1CC=C(c2cnn(-c3ccc(C)c(C)c3)c2)CC1. The number of rotatable bonds is 6. The van der Waals surface area contributed by atoms with Gasteiger partial charge in [0.25, 0.3) is 0 Å². The van der Waals surface area contributed by atoms with E-state index in [1.165, 1.54) is 16.7 Å². The van der Waals surface area contributed by atoms with Crippen molar-refractivity contribution in [2.45, 2.75) is 46.6 Å². The van der Waals surface area contributed by atoms with Gasteiger partial charge in [0.05, 0.1) is 18.4 Å². The monoisotopic (exact) mass is 366 g/mol. The van der Waals surface area contributed by atoms with Crippen LogP contribution in [0.5, 0.6) is 0 Å². The normalized spacial score (nSPS) is 16.1. The Morgan fingerprint density at radius 1 is 1.30 bits per heavy atom. The third-order valence-corrected chi connectivity index (χ3v) is 5.39. The van der Waals surface area contributed by atoms with Gasteiger partial charge in [0, 0.05) is 30.9 Å². The molecule has 1 aliphatic heterocycles. The van der Waals surface area contributed by atoms with Crippen LogP contribution in [0.2, 0.25) is 0 Å². The number of aromatic nitrogens is 2. The van der Waals surface area contributed by atoms with Crippen LogP contribution >= 0.6 is 0 Å². The first kappa shape index (κ1) is 19.4. The van der Waals surface area contributed by atoms with Crippen LogP contribution in [0.25, 0.3) is 11.3 Å². The van der Waals surface area contributed by atoms with Gasteiger partial charge < -0.3 is 5.32 Å². The average Bonchev–Trinajstić information content (AvgIpc) is 3.14. The van der Waals surface area contributed by atoms with Crippen LogP contribution in [-0.2, 0) is 4.79 Å². The van der Waals surface area contributed by atoms with E-state index in [1.807, 2.05) is 17.8 Å². The molecule has 27 heavy (non-hydrogen) atoms. The van der Waals surface area contributed by atoms with Crippen molar-refractivity contribution in [3.8, 4) is 5.69 Å². The van der Waals surface area contributed by atoms with Crippen molar-refractivity contribution in [2.75, 3.05) is 19.6 Å². The van der Waals surface area contributed by atoms with E-state index >= 15 is 0 Å². The molecule has 0 saturated heterocycles. The minimum Gasteiger partial charge on any atom is -0.353 e. The highest BCUT2D eigenvalue weighted by Crippen LogP contribution is 2.23. The summed E-state index contributed by atoms with van der Waals surface area (Å²) in [4.78, 5) is 14.2. The number of nitrogens with zero attached hydrogens (tertiary/aromatic N) is 3. The maximum absolute atomic E-state index is 12.1. The molecule has 144 valence electrons. The van der Waals surface area contributed by atoms with Crippen molar-refractivity contribution in [2.24, 2.45) is 0 Å². The van der Waals surface area contributed by atoms with Gasteiger partial charge >= 0.3 is 0 Å². The fourth-order valence-electron chi connectivity index (χ4n) is 3.24. The molecule has 0 spiro atoms. The highest BCUT2D eigenvalue weighted by Gasteiger charge is 2.17. The highest BCUT2D eigenvalue weighted by atomic mass is 16.2. The summed E-state index contributed by atoms with van der Waals surface area (Å²) in [5, 5.41) is 7.58. The lowest BCUT2D eigenvalue weighted by molar-refractivity contribution is -0.122. The van der Waals surface area contributed by atoms with Crippen LogP contribution in [0.15, 0.2) is 36.7 Å². The first-order valence-corrected chi connectivity index (χ1v) is 9.79. The Morgan fingerprint density at radius 2 is 2.11 bits per heavy atom. The van der Waals surface area contributed by atoms with Crippen LogP contribution < -0.4 is 5.32 Å². The van der Waals surface area contributed by atoms with Crippen molar-refractivity contribution in [3.63, 3.8) is 0 Å². The Morgan fingerprint density at radius 3 is 2.78 bits per heavy atom. The summed E-state index contributed by atoms with van der Waals surface area (Å²) < 4.78 is 1.94. The summed E-state index contributed by atoms with van der Waals surface area (Å²) in [6.07, 6.45) is 8.16. The van der Waals surface area contributed by atoms with E-state index in [4.69, 9.17) is 0 Å². The number of hydrogen-bond acceptors (Lipinski definition) is 3. The van der Waals surface area contributed by atoms with E-state index < -0.39 is 0 Å². The van der Waals surface area contributed by atoms with Gasteiger partial charge in [-0.25, -0.2) is 4.68 Å². The smallest absolute Gasteiger partial charge is 0.234 e. The summed E-state index contributed by atoms with van der Waals surface area (Å²) in [5.74, 6) is 0.115. The predicted molar refractivity (Wildman–Crippen MR) is 110 cm³/mol. The summed E-state index contributed by atoms with van der Waals surface area (Å²) in [6, 6.07) is 6.64. The summed E-state index contributed by atoms with van der Waals surface area (Å²) >= 11 is 0. The first-order valence-electron chi connectivity index (χ1n) is 9.79. The van der Waals surface area contributed by atoms with Crippen LogP contribution in [0.1, 0.15) is 43.4 Å². The molecule has 0 unspecified atom stereocenters. The number of benzene rings is 1. The summed E-state index contributed by atoms with van der Waals surface area (Å²) in [5.41, 5.74) is 6.12. The molecular formula is C22H30N4O. The lowest BCUT2D eigenvalue weighted by Gasteiger charge is -2.26. The second-order valence-electron chi connectivity index (χ2n) is 7.53. The molecule has 0 saturated carbocycles. The topological polar surface area (TPSA) is 50.2 Å². The van der Waals surface area contributed by atoms with Crippen molar-refractivity contribution in [1.82, 2.24) is 20.0 Å². The molecule has 1 N–H and O–H groups in total. The van der Waals surface area contributed by atoms with Crippen molar-refractivity contribution < 1.29 is 4.79 Å². The summed E-state index contributed by atoms with van der Waals surface area (Å²) in [7, 11) is 0. The molecule has 0 aliphatic carbocycles. The van der Waals surface area contributed by atoms with Gasteiger partial charge in [0.1, 0.15) is 0 Å². The van der Waals surface area contributed by atoms with E-state index in [-0.39, 0.29) is 11.9 Å². The van der Waals surface area contributed by atoms with Crippen LogP contribution in [0.4, 0.5) is 0 Å². The van der Waals surface area contributed by atoms with E-state index in [0.717, 1.165) is 37.2 Å². The molecule has 0 fully saturated rings. The molecule has 1 amide bonds. The molecule has 2 aromatic rings. The second-order valence-corrected chi connectivity index (χ2v) is 7.53. The fraction of sp³-hybridized carbons (Fsp3) is 0.455. The molecule has 3 rings (SSSR count). The largest absolute Gasteiger partial charge is 0.353 e. The number of amides is 1. The van der Waals surface area contributed by atoms with E-state index in [2.05, 4.69) is 66.6 Å². The molecule has 1 aliphatic rings. The number of aryl methyl sites for hydroxylation is 2. The number of carbonyl (C=O) groups is 1. The Hall–Kier alpha value is -2.40. The molecule has 5 nitrogen and oxygen atoms in total. The van der Waals surface area contributed by atoms with Gasteiger partial charge in [0.15, 0.2) is 0 Å². The second kappa shape index (κ2) is 8.53. The van der Waals surface area contributed by atoms with Gasteiger partial charge in [-0.1, -0.05) is 19.1 Å². The first-order chi connectivity index (χ1) is 13.0. The summed E-state index contributed by atoms with van der Waals surface area (Å²) in [6.45, 7) is 10.5. The Kier molecular flexibility index (Phi) is 6.11. The zero-order chi connectivity index (χ0) is 19.4. The maximum Gasteiger partial charge on any atom is 0.234 e. The Bertz CT molecular complexity index is 837. The quantitative estimate of drug-likeness (QED) is 0.851. The Balaban J connectivity index is 1.62. The van der Waals surface area contributed by atoms with Crippen LogP contribution in [-0.4, -0.2) is 46.3 Å². The molecule has 1 aromatic heterocycles. The van der Waals surface area contributed by atoms with E-state index in [9.17, 15) is 4.79 Å². The maximum atomic E-state index is 12.1. The third-order valence-electron chi connectivity index (χ3n) is 5.39. The molecule has 1 atom stereocenters. The fourth-order valence-corrected chi connectivity index (χ4v) is 3.24. The number of nitrogens with one attached hydrogen (secondary N) is 1. The lowest BCUT2D eigenvalue weighted by atomic mass is 10.0. The molecular weight excluding hydrogens is 336 g/mol. The minimum absolute atomic E-state index is 0.115.